The zero-order chi connectivity index (χ0) is 18.7. The number of carbonyl (C=O) groups is 1. The molecule has 1 rings (SSSR count). The highest BCUT2D eigenvalue weighted by atomic mass is 16.5. The van der Waals surface area contributed by atoms with Gasteiger partial charge in [0.15, 0.2) is 5.96 Å². The summed E-state index contributed by atoms with van der Waals surface area (Å²) in [6, 6.07) is 0.283. The molecule has 4 N–H and O–H groups in total. The molecular weight excluding hydrogens is 320 g/mol. The first-order valence-corrected chi connectivity index (χ1v) is 9.60. The van der Waals surface area contributed by atoms with E-state index in [1.165, 1.54) is 0 Å². The van der Waals surface area contributed by atoms with Crippen molar-refractivity contribution in [2.45, 2.75) is 78.0 Å². The zero-order valence-corrected chi connectivity index (χ0v) is 16.2. The fourth-order valence-corrected chi connectivity index (χ4v) is 3.02. The summed E-state index contributed by atoms with van der Waals surface area (Å²) < 4.78 is 4.99. The van der Waals surface area contributed by atoms with E-state index in [2.05, 4.69) is 34.8 Å². The third-order valence-corrected chi connectivity index (χ3v) is 4.20. The second-order valence-electron chi connectivity index (χ2n) is 7.06. The van der Waals surface area contributed by atoms with E-state index in [1.54, 1.807) is 6.92 Å². The van der Waals surface area contributed by atoms with Gasteiger partial charge in [0.25, 0.3) is 0 Å². The lowest BCUT2D eigenvalue weighted by Gasteiger charge is -2.28. The van der Waals surface area contributed by atoms with Crippen LogP contribution in [0.25, 0.3) is 0 Å². The standard InChI is InChI=1S/C18H36N4O3/c1-5-19-17(21-14-7-9-16(23)10-8-14)20-12-15(11-13(3)4)22-18(24)25-6-2/h13-16,23H,5-12H2,1-4H3,(H,22,24)(H2,19,20,21). The van der Waals surface area contributed by atoms with Crippen molar-refractivity contribution in [2.24, 2.45) is 10.9 Å². The van der Waals surface area contributed by atoms with Crippen molar-refractivity contribution in [3.63, 3.8) is 0 Å². The first-order valence-electron chi connectivity index (χ1n) is 9.60. The highest BCUT2D eigenvalue weighted by molar-refractivity contribution is 5.80. The van der Waals surface area contributed by atoms with Gasteiger partial charge in [-0.1, -0.05) is 13.8 Å². The van der Waals surface area contributed by atoms with Crippen LogP contribution in [0.4, 0.5) is 4.79 Å². The molecule has 1 atom stereocenters. The lowest BCUT2D eigenvalue weighted by atomic mass is 9.93. The monoisotopic (exact) mass is 356 g/mol. The fourth-order valence-electron chi connectivity index (χ4n) is 3.02. The van der Waals surface area contributed by atoms with Crippen LogP contribution in [-0.4, -0.2) is 55.0 Å². The molecule has 1 saturated carbocycles. The van der Waals surface area contributed by atoms with Crippen LogP contribution >= 0.6 is 0 Å². The van der Waals surface area contributed by atoms with Gasteiger partial charge in [0.1, 0.15) is 0 Å². The first kappa shape index (κ1) is 21.5. The van der Waals surface area contributed by atoms with Crippen LogP contribution in [-0.2, 0) is 4.74 Å². The van der Waals surface area contributed by atoms with E-state index in [-0.39, 0.29) is 18.2 Å². The summed E-state index contributed by atoms with van der Waals surface area (Å²) in [4.78, 5) is 16.4. The first-order chi connectivity index (χ1) is 11.9. The Labute approximate surface area is 152 Å². The number of ether oxygens (including phenoxy) is 1. The Morgan fingerprint density at radius 1 is 1.24 bits per heavy atom. The lowest BCUT2D eigenvalue weighted by Crippen LogP contribution is -2.46. The maximum atomic E-state index is 11.7. The van der Waals surface area contributed by atoms with Crippen LogP contribution in [0.5, 0.6) is 0 Å². The van der Waals surface area contributed by atoms with E-state index in [4.69, 9.17) is 4.74 Å². The minimum absolute atomic E-state index is 0.0531. The number of hydrogen-bond acceptors (Lipinski definition) is 4. The largest absolute Gasteiger partial charge is 0.450 e. The van der Waals surface area contributed by atoms with E-state index < -0.39 is 0 Å². The van der Waals surface area contributed by atoms with Crippen LogP contribution in [0.1, 0.15) is 59.8 Å². The molecule has 1 aliphatic rings. The molecule has 1 fully saturated rings. The minimum Gasteiger partial charge on any atom is -0.450 e. The van der Waals surface area contributed by atoms with Crippen LogP contribution in [0.3, 0.4) is 0 Å². The van der Waals surface area contributed by atoms with Crippen molar-refractivity contribution in [1.29, 1.82) is 0 Å². The number of aliphatic hydroxyl groups is 1. The molecule has 0 aromatic heterocycles. The maximum Gasteiger partial charge on any atom is 0.407 e. The molecule has 7 nitrogen and oxygen atoms in total. The predicted molar refractivity (Wildman–Crippen MR) is 101 cm³/mol. The molecule has 7 heteroatoms. The molecule has 0 saturated heterocycles. The Balaban J connectivity index is 2.61. The zero-order valence-electron chi connectivity index (χ0n) is 16.2. The number of alkyl carbamates (subject to hydrolysis) is 1. The summed E-state index contributed by atoms with van der Waals surface area (Å²) in [6.45, 7) is 9.72. The second-order valence-corrected chi connectivity index (χ2v) is 7.06. The highest BCUT2D eigenvalue weighted by Crippen LogP contribution is 2.18. The van der Waals surface area contributed by atoms with Crippen LogP contribution < -0.4 is 16.0 Å². The molecule has 0 aromatic carbocycles. The summed E-state index contributed by atoms with van der Waals surface area (Å²) >= 11 is 0. The Bertz CT molecular complexity index is 407. The number of nitrogens with zero attached hydrogens (tertiary/aromatic N) is 1. The molecule has 1 aliphatic carbocycles. The highest BCUT2D eigenvalue weighted by Gasteiger charge is 2.20. The summed E-state index contributed by atoms with van der Waals surface area (Å²) in [5.41, 5.74) is 0. The molecule has 1 amide bonds. The number of aliphatic hydroxyl groups excluding tert-OH is 1. The Morgan fingerprint density at radius 2 is 1.92 bits per heavy atom. The summed E-state index contributed by atoms with van der Waals surface area (Å²) in [5.74, 6) is 1.22. The minimum atomic E-state index is -0.387. The van der Waals surface area contributed by atoms with Gasteiger partial charge in [0.05, 0.1) is 25.3 Å². The lowest BCUT2D eigenvalue weighted by molar-refractivity contribution is 0.120. The molecule has 0 aromatic rings. The molecule has 0 spiro atoms. The third kappa shape index (κ3) is 9.53. The Hall–Kier alpha value is -1.50. The van der Waals surface area contributed by atoms with Crippen molar-refractivity contribution in [3.8, 4) is 0 Å². The van der Waals surface area contributed by atoms with Gasteiger partial charge in [-0.2, -0.15) is 0 Å². The molecule has 25 heavy (non-hydrogen) atoms. The Morgan fingerprint density at radius 3 is 2.48 bits per heavy atom. The average Bonchev–Trinajstić information content (AvgIpc) is 2.54. The van der Waals surface area contributed by atoms with Crippen molar-refractivity contribution < 1.29 is 14.6 Å². The summed E-state index contributed by atoms with van der Waals surface area (Å²) in [7, 11) is 0. The van der Waals surface area contributed by atoms with Gasteiger partial charge in [-0.25, -0.2) is 4.79 Å². The maximum absolute atomic E-state index is 11.7. The number of aliphatic imine (C=N–C) groups is 1. The van der Waals surface area contributed by atoms with Crippen molar-refractivity contribution in [2.75, 3.05) is 19.7 Å². The quantitative estimate of drug-likeness (QED) is 0.394. The predicted octanol–water partition coefficient (Wildman–Crippen LogP) is 2.01. The summed E-state index contributed by atoms with van der Waals surface area (Å²) in [6.07, 6.45) is 3.85. The number of hydrogen-bond donors (Lipinski definition) is 4. The number of nitrogens with one attached hydrogen (secondary N) is 3. The molecular formula is C18H36N4O3. The van der Waals surface area contributed by atoms with E-state index in [0.29, 0.717) is 25.1 Å². The third-order valence-electron chi connectivity index (χ3n) is 4.20. The van der Waals surface area contributed by atoms with Gasteiger partial charge < -0.3 is 25.8 Å². The normalized spacial score (nSPS) is 22.4. The molecule has 0 aliphatic heterocycles. The van der Waals surface area contributed by atoms with Crippen molar-refractivity contribution in [3.05, 3.63) is 0 Å². The summed E-state index contributed by atoms with van der Waals surface area (Å²) in [5, 5.41) is 19.2. The smallest absolute Gasteiger partial charge is 0.407 e. The number of guanidine groups is 1. The van der Waals surface area contributed by atoms with Crippen molar-refractivity contribution in [1.82, 2.24) is 16.0 Å². The molecule has 146 valence electrons. The Kier molecular flexibility index (Phi) is 10.3. The van der Waals surface area contributed by atoms with E-state index in [9.17, 15) is 9.90 Å². The SMILES string of the molecule is CCNC(=NCC(CC(C)C)NC(=O)OCC)NC1CCC(O)CC1. The number of rotatable bonds is 8. The van der Waals surface area contributed by atoms with Gasteiger partial charge in [0.2, 0.25) is 0 Å². The average molecular weight is 357 g/mol. The fraction of sp³-hybridized carbons (Fsp3) is 0.889. The molecule has 0 heterocycles. The van der Waals surface area contributed by atoms with Gasteiger partial charge in [-0.05, 0) is 51.9 Å². The van der Waals surface area contributed by atoms with Crippen LogP contribution in [0.2, 0.25) is 0 Å². The second kappa shape index (κ2) is 12.0. The topological polar surface area (TPSA) is 95.0 Å². The molecule has 1 unspecified atom stereocenters. The number of carbonyl (C=O) groups excluding carboxylic acids is 1. The number of amides is 1. The van der Waals surface area contributed by atoms with Gasteiger partial charge in [0, 0.05) is 12.6 Å². The van der Waals surface area contributed by atoms with Gasteiger partial charge in [-0.3, -0.25) is 4.99 Å². The molecule has 0 radical (unpaired) electrons. The van der Waals surface area contributed by atoms with E-state index >= 15 is 0 Å². The van der Waals surface area contributed by atoms with Gasteiger partial charge in [-0.15, -0.1) is 0 Å². The van der Waals surface area contributed by atoms with E-state index in [1.807, 2.05) is 6.92 Å². The van der Waals surface area contributed by atoms with Gasteiger partial charge >= 0.3 is 6.09 Å². The van der Waals surface area contributed by atoms with Crippen LogP contribution in [0, 0.1) is 5.92 Å². The van der Waals surface area contributed by atoms with Crippen molar-refractivity contribution >= 4 is 12.1 Å². The van der Waals surface area contributed by atoms with E-state index in [0.717, 1.165) is 44.6 Å². The van der Waals surface area contributed by atoms with Crippen LogP contribution in [0.15, 0.2) is 4.99 Å². The molecule has 0 bridgehead atoms.